The molecule has 7 rings (SSSR count). The molecule has 0 radical (unpaired) electrons. The van der Waals surface area contributed by atoms with Crippen molar-refractivity contribution in [3.8, 4) is 17.1 Å². The molecule has 220 valence electrons. The first kappa shape index (κ1) is 27.2. The maximum Gasteiger partial charge on any atom is 0.222 e. The summed E-state index contributed by atoms with van der Waals surface area (Å²) in [6.45, 7) is 5.11. The highest BCUT2D eigenvalue weighted by molar-refractivity contribution is 5.79. The molecule has 9 nitrogen and oxygen atoms in total. The van der Waals surface area contributed by atoms with E-state index in [1.165, 1.54) is 23.2 Å². The van der Waals surface area contributed by atoms with Crippen LogP contribution in [0.1, 0.15) is 55.5 Å². The Balaban J connectivity index is 1.21. The molecule has 1 aliphatic carbocycles. The number of anilines is 3. The van der Waals surface area contributed by atoms with E-state index in [2.05, 4.69) is 86.2 Å². The van der Waals surface area contributed by atoms with Gasteiger partial charge in [-0.05, 0) is 54.5 Å². The summed E-state index contributed by atoms with van der Waals surface area (Å²) in [5.41, 5.74) is 17.2. The first-order valence-corrected chi connectivity index (χ1v) is 15.3. The first-order valence-electron chi connectivity index (χ1n) is 15.3. The van der Waals surface area contributed by atoms with Crippen LogP contribution in [-0.4, -0.2) is 51.5 Å². The van der Waals surface area contributed by atoms with Gasteiger partial charge in [-0.15, -0.1) is 0 Å². The number of hydrogen-bond acceptors (Lipinski definition) is 6. The second-order valence-corrected chi connectivity index (χ2v) is 11.9. The normalized spacial score (nSPS) is 19.0. The molecule has 9 heteroatoms. The fourth-order valence-corrected chi connectivity index (χ4v) is 6.52. The number of fused-ring (bicyclic) bond motifs is 1. The molecule has 1 saturated heterocycles. The zero-order chi connectivity index (χ0) is 29.6. The van der Waals surface area contributed by atoms with Crippen molar-refractivity contribution in [3.05, 3.63) is 89.8 Å². The molecule has 0 bridgehead atoms. The number of imidazole rings is 1. The van der Waals surface area contributed by atoms with Crippen LogP contribution in [0.4, 0.5) is 17.3 Å². The molecule has 2 aromatic heterocycles. The summed E-state index contributed by atoms with van der Waals surface area (Å²) in [5.74, 6) is 2.35. The highest BCUT2D eigenvalue weighted by atomic mass is 16.2. The smallest absolute Gasteiger partial charge is 0.222 e. The number of nitrogens with zero attached hydrogens (tertiary/aromatic N) is 5. The largest absolute Gasteiger partial charge is 0.383 e. The predicted octanol–water partition coefficient (Wildman–Crippen LogP) is 4.38. The van der Waals surface area contributed by atoms with Crippen molar-refractivity contribution in [2.45, 2.75) is 44.2 Å². The molecule has 1 amide bonds. The summed E-state index contributed by atoms with van der Waals surface area (Å²) >= 11 is 0. The van der Waals surface area contributed by atoms with Gasteiger partial charge < -0.3 is 26.6 Å². The van der Waals surface area contributed by atoms with Crippen molar-refractivity contribution in [1.29, 1.82) is 0 Å². The van der Waals surface area contributed by atoms with Gasteiger partial charge in [0.2, 0.25) is 5.91 Å². The third kappa shape index (κ3) is 4.93. The van der Waals surface area contributed by atoms with Gasteiger partial charge in [0.1, 0.15) is 22.9 Å². The fourth-order valence-electron chi connectivity index (χ4n) is 6.52. The molecule has 1 atom stereocenters. The highest BCUT2D eigenvalue weighted by Crippen LogP contribution is 2.40. The van der Waals surface area contributed by atoms with Gasteiger partial charge in [-0.1, -0.05) is 37.3 Å². The van der Waals surface area contributed by atoms with Crippen LogP contribution in [0.25, 0.3) is 23.2 Å². The van der Waals surface area contributed by atoms with Gasteiger partial charge in [0, 0.05) is 68.6 Å². The second-order valence-electron chi connectivity index (χ2n) is 11.9. The van der Waals surface area contributed by atoms with E-state index in [1.807, 2.05) is 24.0 Å². The van der Waals surface area contributed by atoms with E-state index in [0.29, 0.717) is 12.2 Å². The molecule has 1 saturated carbocycles. The number of nitrogen functional groups attached to an aromatic ring is 1. The Kier molecular flexibility index (Phi) is 6.89. The summed E-state index contributed by atoms with van der Waals surface area (Å²) in [5, 5.41) is 3.79. The molecule has 0 spiro atoms. The van der Waals surface area contributed by atoms with Crippen molar-refractivity contribution in [1.82, 2.24) is 19.4 Å². The minimum Gasteiger partial charge on any atom is -0.383 e. The Bertz CT molecular complexity index is 1680. The molecule has 4 heterocycles. The van der Waals surface area contributed by atoms with Gasteiger partial charge in [0.15, 0.2) is 5.82 Å². The number of aromatic nitrogens is 3. The predicted molar refractivity (Wildman–Crippen MR) is 171 cm³/mol. The number of hydrogen-bond donors (Lipinski definition) is 3. The average Bonchev–Trinajstić information content (AvgIpc) is 3.42. The summed E-state index contributed by atoms with van der Waals surface area (Å²) in [4.78, 5) is 25.9. The van der Waals surface area contributed by atoms with Crippen LogP contribution >= 0.6 is 0 Å². The van der Waals surface area contributed by atoms with E-state index in [0.717, 1.165) is 67.6 Å². The monoisotopic (exact) mass is 575 g/mol. The average molecular weight is 576 g/mol. The minimum absolute atomic E-state index is 0.0266. The summed E-state index contributed by atoms with van der Waals surface area (Å²) in [6.07, 6.45) is 10.0. The molecule has 43 heavy (non-hydrogen) atoms. The van der Waals surface area contributed by atoms with Gasteiger partial charge in [-0.3, -0.25) is 9.36 Å². The van der Waals surface area contributed by atoms with E-state index in [-0.39, 0.29) is 17.5 Å². The molecular formula is C34H39N8O+. The zero-order valence-electron chi connectivity index (χ0n) is 24.7. The summed E-state index contributed by atoms with van der Waals surface area (Å²) in [6, 6.07) is 21.3. The van der Waals surface area contributed by atoms with Crippen LogP contribution in [0.15, 0.2) is 72.9 Å². The lowest BCUT2D eigenvalue weighted by atomic mass is 9.73. The van der Waals surface area contributed by atoms with E-state index >= 15 is 0 Å². The molecule has 2 aromatic carbocycles. The number of benzene rings is 2. The van der Waals surface area contributed by atoms with Crippen LogP contribution < -0.4 is 21.7 Å². The number of nitrogens with two attached hydrogens (primary N) is 1. The summed E-state index contributed by atoms with van der Waals surface area (Å²) < 4.78 is 2.16. The van der Waals surface area contributed by atoms with Crippen molar-refractivity contribution in [2.24, 2.45) is 0 Å². The van der Waals surface area contributed by atoms with E-state index < -0.39 is 0 Å². The number of rotatable bonds is 6. The Labute approximate surface area is 252 Å². The van der Waals surface area contributed by atoms with Gasteiger partial charge in [-0.25, -0.2) is 9.97 Å². The highest BCUT2D eigenvalue weighted by Gasteiger charge is 2.38. The molecular weight excluding hydrogens is 536 g/mol. The third-order valence-corrected chi connectivity index (χ3v) is 9.30. The van der Waals surface area contributed by atoms with Crippen LogP contribution in [-0.2, 0) is 10.3 Å². The number of quaternary nitrogens is 1. The summed E-state index contributed by atoms with van der Waals surface area (Å²) in [7, 11) is 0. The van der Waals surface area contributed by atoms with Crippen molar-refractivity contribution in [3.63, 3.8) is 0 Å². The lowest BCUT2D eigenvalue weighted by Gasteiger charge is -2.36. The van der Waals surface area contributed by atoms with Gasteiger partial charge >= 0.3 is 0 Å². The Morgan fingerprint density at radius 1 is 1.05 bits per heavy atom. The van der Waals surface area contributed by atoms with E-state index in [9.17, 15) is 4.79 Å². The van der Waals surface area contributed by atoms with Crippen molar-refractivity contribution >= 4 is 29.3 Å². The van der Waals surface area contributed by atoms with Crippen LogP contribution in [0, 0.1) is 0 Å². The van der Waals surface area contributed by atoms with Crippen LogP contribution in [0.2, 0.25) is 0 Å². The maximum absolute atomic E-state index is 12.2. The molecule has 4 aromatic rings. The molecule has 6 N–H and O–H groups in total. The van der Waals surface area contributed by atoms with Gasteiger partial charge in [0.25, 0.3) is 0 Å². The van der Waals surface area contributed by atoms with Gasteiger partial charge in [-0.2, -0.15) is 0 Å². The Morgan fingerprint density at radius 3 is 2.53 bits per heavy atom. The van der Waals surface area contributed by atoms with Crippen molar-refractivity contribution in [2.75, 3.05) is 42.1 Å². The fraction of sp³-hybridized carbons (Fsp3) is 0.324. The van der Waals surface area contributed by atoms with Crippen molar-refractivity contribution < 1.29 is 10.5 Å². The number of amides is 1. The molecule has 2 aliphatic heterocycles. The SMILES string of the molecule is CCC(=O)N1CCN(c2cccc(C3C=Cc4nc(-c5cccnc5N)n(-c5ccc(C6([NH3+])CCC6)cc5)c4N3)c2)CC1. The minimum atomic E-state index is -0.0395. The third-order valence-electron chi connectivity index (χ3n) is 9.30. The van der Waals surface area contributed by atoms with Crippen LogP contribution in [0.3, 0.4) is 0 Å². The van der Waals surface area contributed by atoms with E-state index in [4.69, 9.17) is 10.7 Å². The van der Waals surface area contributed by atoms with Crippen LogP contribution in [0.5, 0.6) is 0 Å². The molecule has 1 unspecified atom stereocenters. The zero-order valence-corrected chi connectivity index (χ0v) is 24.7. The Hall–Kier alpha value is -4.63. The van der Waals surface area contributed by atoms with Gasteiger partial charge in [0.05, 0.1) is 11.6 Å². The lowest BCUT2D eigenvalue weighted by molar-refractivity contribution is -0.509. The van der Waals surface area contributed by atoms with E-state index in [1.54, 1.807) is 6.20 Å². The number of nitrogens with one attached hydrogen (secondary N) is 1. The molecule has 2 fully saturated rings. The Morgan fingerprint density at radius 2 is 1.84 bits per heavy atom. The first-order chi connectivity index (χ1) is 20.9. The maximum atomic E-state index is 12.2. The lowest BCUT2D eigenvalue weighted by Crippen LogP contribution is -2.73. The number of pyridine rings is 1. The topological polar surface area (TPSA) is 120 Å². The standard InChI is InChI=1S/C34H38N8O/c1-2-30(43)41-20-18-40(19-21-41)26-7-3-6-23(22-26)28-13-14-29-33(38-28)42(32(39-29)27-8-4-17-37-31(27)35)25-11-9-24(10-12-25)34(36)15-5-16-34/h3-4,6-14,17,22,28,38H,2,5,15-16,18-21,36H2,1H3,(H2,35,37)/p+1. The second kappa shape index (κ2) is 10.9. The number of piperazine rings is 1. The quantitative estimate of drug-likeness (QED) is 0.314. The number of carbonyl (C=O) groups excluding carboxylic acids is 1. The number of carbonyl (C=O) groups is 1. The molecule has 3 aliphatic rings.